The molecule has 158 valence electrons. The first-order valence-electron chi connectivity index (χ1n) is 9.35. The van der Waals surface area contributed by atoms with Gasteiger partial charge in [-0.1, -0.05) is 5.16 Å². The Morgan fingerprint density at radius 2 is 1.90 bits per heavy atom. The van der Waals surface area contributed by atoms with Crippen molar-refractivity contribution in [1.29, 1.82) is 0 Å². The molecular formula is C17H24N6O5S. The molecule has 2 aromatic heterocycles. The fourth-order valence-corrected chi connectivity index (χ4v) is 4.24. The zero-order valence-corrected chi connectivity index (χ0v) is 17.5. The maximum absolute atomic E-state index is 12.8. The van der Waals surface area contributed by atoms with Crippen LogP contribution in [0.5, 0.6) is 0 Å². The van der Waals surface area contributed by atoms with Crippen LogP contribution >= 0.6 is 0 Å². The number of sulfonamides is 1. The minimum atomic E-state index is -3.24. The molecule has 0 N–H and O–H groups in total. The number of aryl methyl sites for hydroxylation is 2. The van der Waals surface area contributed by atoms with E-state index >= 15 is 0 Å². The summed E-state index contributed by atoms with van der Waals surface area (Å²) < 4.78 is 31.7. The number of nitrogens with zero attached hydrogens (tertiary/aromatic N) is 6. The molecule has 0 saturated carbocycles. The molecule has 0 spiro atoms. The molecule has 1 aliphatic heterocycles. The van der Waals surface area contributed by atoms with E-state index in [1.807, 2.05) is 0 Å². The van der Waals surface area contributed by atoms with Crippen molar-refractivity contribution in [3.63, 3.8) is 0 Å². The van der Waals surface area contributed by atoms with Crippen LogP contribution in [0, 0.1) is 13.8 Å². The zero-order valence-electron chi connectivity index (χ0n) is 16.7. The molecule has 3 rings (SSSR count). The molecule has 0 bridgehead atoms. The zero-order chi connectivity index (χ0) is 21.2. The lowest BCUT2D eigenvalue weighted by atomic mass is 10.2. The number of hydrogen-bond donors (Lipinski definition) is 0. The summed E-state index contributed by atoms with van der Waals surface area (Å²) in [5.41, 5.74) is -0.171. The van der Waals surface area contributed by atoms with Crippen molar-refractivity contribution in [1.82, 2.24) is 28.9 Å². The molecule has 3 heterocycles. The summed E-state index contributed by atoms with van der Waals surface area (Å²) in [6.45, 7) is 6.34. The number of carbonyl (C=O) groups is 1. The van der Waals surface area contributed by atoms with E-state index in [0.717, 1.165) is 0 Å². The maximum atomic E-state index is 12.8. The molecule has 1 amide bonds. The Morgan fingerprint density at radius 1 is 1.21 bits per heavy atom. The third-order valence-corrected chi connectivity index (χ3v) is 6.79. The monoisotopic (exact) mass is 424 g/mol. The predicted molar refractivity (Wildman–Crippen MR) is 103 cm³/mol. The van der Waals surface area contributed by atoms with Crippen LogP contribution in [0.25, 0.3) is 11.5 Å². The molecule has 1 fully saturated rings. The topological polar surface area (TPSA) is 132 Å². The third kappa shape index (κ3) is 4.53. The highest BCUT2D eigenvalue weighted by molar-refractivity contribution is 7.89. The average Bonchev–Trinajstić information content (AvgIpc) is 3.13. The van der Waals surface area contributed by atoms with E-state index in [-0.39, 0.29) is 54.7 Å². The van der Waals surface area contributed by atoms with Gasteiger partial charge >= 0.3 is 0 Å². The predicted octanol–water partition coefficient (Wildman–Crippen LogP) is -0.206. The second-order valence-electron chi connectivity index (χ2n) is 6.75. The number of carbonyl (C=O) groups excluding carboxylic acids is 1. The van der Waals surface area contributed by atoms with Gasteiger partial charge in [-0.15, -0.1) is 0 Å². The first-order chi connectivity index (χ1) is 13.7. The van der Waals surface area contributed by atoms with Crippen LogP contribution in [0.15, 0.2) is 15.5 Å². The van der Waals surface area contributed by atoms with E-state index in [4.69, 9.17) is 4.52 Å². The van der Waals surface area contributed by atoms with E-state index in [9.17, 15) is 18.0 Å². The number of aromatic nitrogens is 4. The Kier molecular flexibility index (Phi) is 6.13. The molecule has 2 aromatic rings. The molecule has 0 radical (unpaired) electrons. The van der Waals surface area contributed by atoms with E-state index in [2.05, 4.69) is 15.1 Å². The van der Waals surface area contributed by atoms with Gasteiger partial charge in [-0.25, -0.2) is 13.4 Å². The van der Waals surface area contributed by atoms with Gasteiger partial charge in [0.15, 0.2) is 5.82 Å². The summed E-state index contributed by atoms with van der Waals surface area (Å²) in [5, 5.41) is 3.68. The lowest BCUT2D eigenvalue weighted by Crippen LogP contribution is -2.51. The van der Waals surface area contributed by atoms with Crippen LogP contribution in [0.4, 0.5) is 0 Å². The van der Waals surface area contributed by atoms with Crippen LogP contribution in [0.3, 0.4) is 0 Å². The van der Waals surface area contributed by atoms with Crippen LogP contribution in [-0.4, -0.2) is 75.2 Å². The van der Waals surface area contributed by atoms with Crippen molar-refractivity contribution in [2.24, 2.45) is 0 Å². The second-order valence-corrected chi connectivity index (χ2v) is 9.01. The van der Waals surface area contributed by atoms with Crippen LogP contribution in [0.2, 0.25) is 0 Å². The van der Waals surface area contributed by atoms with Gasteiger partial charge in [0.1, 0.15) is 11.4 Å². The van der Waals surface area contributed by atoms with Gasteiger partial charge in [-0.3, -0.25) is 14.2 Å². The highest BCUT2D eigenvalue weighted by atomic mass is 32.2. The van der Waals surface area contributed by atoms with E-state index in [1.165, 1.54) is 15.1 Å². The first-order valence-corrected chi connectivity index (χ1v) is 11.0. The van der Waals surface area contributed by atoms with Gasteiger partial charge in [0.2, 0.25) is 15.9 Å². The Labute approximate surface area is 168 Å². The number of rotatable bonds is 6. The minimum Gasteiger partial charge on any atom is -0.340 e. The Bertz CT molecular complexity index is 1050. The quantitative estimate of drug-likeness (QED) is 0.623. The highest BCUT2D eigenvalue weighted by Crippen LogP contribution is 2.13. The SMILES string of the molecule is CCS(=O)(=O)N1CCN(C(=O)CCn2c(C)ncc(-c3nc(C)no3)c2=O)CC1. The molecule has 0 aromatic carbocycles. The van der Waals surface area contributed by atoms with E-state index < -0.39 is 10.0 Å². The van der Waals surface area contributed by atoms with Gasteiger partial charge in [-0.2, -0.15) is 9.29 Å². The third-order valence-electron chi connectivity index (χ3n) is 4.90. The van der Waals surface area contributed by atoms with Crippen LogP contribution in [-0.2, 0) is 21.4 Å². The number of hydrogen-bond acceptors (Lipinski definition) is 8. The molecular weight excluding hydrogens is 400 g/mol. The molecule has 11 nitrogen and oxygen atoms in total. The minimum absolute atomic E-state index is 0.0477. The first kappa shape index (κ1) is 21.1. The maximum Gasteiger partial charge on any atom is 0.266 e. The van der Waals surface area contributed by atoms with Gasteiger partial charge in [0.05, 0.1) is 5.75 Å². The smallest absolute Gasteiger partial charge is 0.266 e. The van der Waals surface area contributed by atoms with E-state index in [1.54, 1.807) is 25.7 Å². The molecule has 0 aliphatic carbocycles. The summed E-state index contributed by atoms with van der Waals surface area (Å²) >= 11 is 0. The fourth-order valence-electron chi connectivity index (χ4n) is 3.16. The normalized spacial score (nSPS) is 15.6. The lowest BCUT2D eigenvalue weighted by molar-refractivity contribution is -0.132. The van der Waals surface area contributed by atoms with Crippen molar-refractivity contribution in [3.05, 3.63) is 28.2 Å². The molecule has 29 heavy (non-hydrogen) atoms. The fraction of sp³-hybridized carbons (Fsp3) is 0.588. The van der Waals surface area contributed by atoms with Gasteiger partial charge < -0.3 is 9.42 Å². The summed E-state index contributed by atoms with van der Waals surface area (Å²) in [6, 6.07) is 0. The largest absolute Gasteiger partial charge is 0.340 e. The van der Waals surface area contributed by atoms with Gasteiger partial charge in [0, 0.05) is 45.3 Å². The molecule has 1 saturated heterocycles. The standard InChI is InChI=1S/C17H24N6O5S/c1-4-29(26,27)22-9-7-21(8-10-22)15(24)5-6-23-13(3)18-11-14(17(23)25)16-19-12(2)20-28-16/h11H,4-10H2,1-3H3. The van der Waals surface area contributed by atoms with Crippen LogP contribution in [0.1, 0.15) is 25.0 Å². The summed E-state index contributed by atoms with van der Waals surface area (Å²) in [6.07, 6.45) is 1.49. The number of amides is 1. The summed E-state index contributed by atoms with van der Waals surface area (Å²) in [4.78, 5) is 35.2. The molecule has 0 unspecified atom stereocenters. The Morgan fingerprint density at radius 3 is 2.48 bits per heavy atom. The van der Waals surface area contributed by atoms with Crippen molar-refractivity contribution >= 4 is 15.9 Å². The second kappa shape index (κ2) is 8.41. The highest BCUT2D eigenvalue weighted by Gasteiger charge is 2.27. The van der Waals surface area contributed by atoms with Crippen LogP contribution < -0.4 is 5.56 Å². The summed E-state index contributed by atoms with van der Waals surface area (Å²) in [7, 11) is -3.24. The summed E-state index contributed by atoms with van der Waals surface area (Å²) in [5.74, 6) is 0.885. The Balaban J connectivity index is 1.66. The molecule has 0 atom stereocenters. The Hall–Kier alpha value is -2.60. The van der Waals surface area contributed by atoms with E-state index in [0.29, 0.717) is 24.7 Å². The van der Waals surface area contributed by atoms with Crippen molar-refractivity contribution in [3.8, 4) is 11.5 Å². The number of piperazine rings is 1. The molecule has 12 heteroatoms. The molecule has 1 aliphatic rings. The van der Waals surface area contributed by atoms with Crippen molar-refractivity contribution in [2.75, 3.05) is 31.9 Å². The van der Waals surface area contributed by atoms with Gasteiger partial charge in [-0.05, 0) is 20.8 Å². The van der Waals surface area contributed by atoms with Crippen molar-refractivity contribution < 1.29 is 17.7 Å². The van der Waals surface area contributed by atoms with Gasteiger partial charge in [0.25, 0.3) is 11.4 Å². The van der Waals surface area contributed by atoms with Crippen molar-refractivity contribution in [2.45, 2.75) is 33.7 Å². The average molecular weight is 424 g/mol. The lowest BCUT2D eigenvalue weighted by Gasteiger charge is -2.34.